The van der Waals surface area contributed by atoms with E-state index in [-0.39, 0.29) is 11.3 Å². The molecule has 11 heteroatoms. The molecular formula is C15H20F3NO5S2. The van der Waals surface area contributed by atoms with E-state index in [4.69, 9.17) is 4.74 Å². The van der Waals surface area contributed by atoms with Crippen molar-refractivity contribution in [2.75, 3.05) is 12.0 Å². The van der Waals surface area contributed by atoms with Gasteiger partial charge in [-0.05, 0) is 56.5 Å². The molecule has 0 bridgehead atoms. The van der Waals surface area contributed by atoms with Crippen molar-refractivity contribution < 1.29 is 35.9 Å². The maximum absolute atomic E-state index is 12.4. The monoisotopic (exact) mass is 415 g/mol. The van der Waals surface area contributed by atoms with Crippen molar-refractivity contribution in [2.24, 2.45) is 0 Å². The van der Waals surface area contributed by atoms with Crippen LogP contribution in [0.4, 0.5) is 13.2 Å². The number of thioether (sulfide) groups is 1. The highest BCUT2D eigenvalue weighted by Crippen LogP contribution is 2.24. The Balaban J connectivity index is 2.93. The number of carbonyl (C=O) groups is 1. The summed E-state index contributed by atoms with van der Waals surface area (Å²) in [7, 11) is -4.13. The molecule has 0 aliphatic carbocycles. The van der Waals surface area contributed by atoms with Gasteiger partial charge >= 0.3 is 12.3 Å². The topological polar surface area (TPSA) is 81.7 Å². The number of hydrogen-bond acceptors (Lipinski definition) is 6. The van der Waals surface area contributed by atoms with E-state index in [1.165, 1.54) is 11.8 Å². The maximum atomic E-state index is 12.4. The lowest BCUT2D eigenvalue weighted by molar-refractivity contribution is -0.274. The highest BCUT2D eigenvalue weighted by molar-refractivity contribution is 7.98. The largest absolute Gasteiger partial charge is 0.573 e. The lowest BCUT2D eigenvalue weighted by Crippen LogP contribution is -2.42. The van der Waals surface area contributed by atoms with E-state index in [1.807, 2.05) is 0 Å². The first kappa shape index (κ1) is 22.6. The fraction of sp³-hybridized carbons (Fsp3) is 0.533. The summed E-state index contributed by atoms with van der Waals surface area (Å²) in [6.45, 7) is 3.27. The van der Waals surface area contributed by atoms with E-state index in [1.54, 1.807) is 20.1 Å². The quantitative estimate of drug-likeness (QED) is 0.625. The summed E-state index contributed by atoms with van der Waals surface area (Å²) >= 11 is 1.43. The third-order valence-corrected chi connectivity index (χ3v) is 5.04. The number of alkyl halides is 3. The summed E-state index contributed by atoms with van der Waals surface area (Å²) in [5, 5.41) is 0. The first-order chi connectivity index (χ1) is 11.9. The van der Waals surface area contributed by atoms with Gasteiger partial charge in [0.05, 0.1) is 11.0 Å². The highest BCUT2D eigenvalue weighted by atomic mass is 32.2. The molecular weight excluding hydrogens is 395 g/mol. The molecule has 0 aromatic heterocycles. The Bertz CT molecular complexity index is 690. The predicted octanol–water partition coefficient (Wildman–Crippen LogP) is 2.94. The van der Waals surface area contributed by atoms with Crippen LogP contribution in [0.5, 0.6) is 5.75 Å². The van der Waals surface area contributed by atoms with Gasteiger partial charge in [-0.1, -0.05) is 0 Å². The minimum Gasteiger partial charge on any atom is -0.462 e. The molecule has 0 aliphatic rings. The molecule has 6 nitrogen and oxygen atoms in total. The van der Waals surface area contributed by atoms with Gasteiger partial charge in [-0.25, -0.2) is 8.42 Å². The summed E-state index contributed by atoms with van der Waals surface area (Å²) in [6.07, 6.45) is -3.27. The average molecular weight is 415 g/mol. The fourth-order valence-electron chi connectivity index (χ4n) is 1.85. The van der Waals surface area contributed by atoms with Crippen LogP contribution in [0.15, 0.2) is 29.2 Å². The molecule has 0 spiro atoms. The second-order valence-electron chi connectivity index (χ2n) is 5.46. The van der Waals surface area contributed by atoms with Gasteiger partial charge in [-0.2, -0.15) is 16.5 Å². The Morgan fingerprint density at radius 1 is 1.23 bits per heavy atom. The van der Waals surface area contributed by atoms with Crippen LogP contribution in [-0.2, 0) is 19.6 Å². The molecule has 0 saturated heterocycles. The molecule has 0 fully saturated rings. The molecule has 1 atom stereocenters. The molecule has 0 saturated carbocycles. The van der Waals surface area contributed by atoms with Crippen LogP contribution >= 0.6 is 11.8 Å². The van der Waals surface area contributed by atoms with Crippen LogP contribution in [0.1, 0.15) is 20.3 Å². The molecule has 1 aromatic rings. The Hall–Kier alpha value is -1.46. The first-order valence-corrected chi connectivity index (χ1v) is 10.4. The van der Waals surface area contributed by atoms with Crippen LogP contribution in [-0.4, -0.2) is 44.9 Å². The molecule has 1 N–H and O–H groups in total. The van der Waals surface area contributed by atoms with Gasteiger partial charge < -0.3 is 9.47 Å². The summed E-state index contributed by atoms with van der Waals surface area (Å²) < 4.78 is 72.2. The van der Waals surface area contributed by atoms with Gasteiger partial charge in [0.25, 0.3) is 0 Å². The molecule has 26 heavy (non-hydrogen) atoms. The number of esters is 1. The molecule has 1 rings (SSSR count). The van der Waals surface area contributed by atoms with E-state index in [9.17, 15) is 26.4 Å². The van der Waals surface area contributed by atoms with Crippen molar-refractivity contribution in [3.8, 4) is 5.75 Å². The number of rotatable bonds is 9. The van der Waals surface area contributed by atoms with E-state index < -0.39 is 40.3 Å². The molecule has 0 heterocycles. The van der Waals surface area contributed by atoms with Gasteiger partial charge in [0.1, 0.15) is 11.8 Å². The van der Waals surface area contributed by atoms with Crippen LogP contribution in [0, 0.1) is 0 Å². The molecule has 148 valence electrons. The number of nitrogens with one attached hydrogen (secondary N) is 1. The third-order valence-electron chi connectivity index (χ3n) is 2.91. The van der Waals surface area contributed by atoms with Gasteiger partial charge in [0, 0.05) is 0 Å². The zero-order valence-corrected chi connectivity index (χ0v) is 16.0. The van der Waals surface area contributed by atoms with E-state index in [0.29, 0.717) is 5.75 Å². The number of hydrogen-bond donors (Lipinski definition) is 1. The summed E-state index contributed by atoms with van der Waals surface area (Å²) in [5.41, 5.74) is 0. The Kier molecular flexibility index (Phi) is 8.22. The summed E-state index contributed by atoms with van der Waals surface area (Å²) in [5.74, 6) is -0.747. The van der Waals surface area contributed by atoms with Crippen molar-refractivity contribution in [1.82, 2.24) is 4.72 Å². The second-order valence-corrected chi connectivity index (χ2v) is 8.16. The van der Waals surface area contributed by atoms with Gasteiger partial charge in [0.15, 0.2) is 0 Å². The van der Waals surface area contributed by atoms with Gasteiger partial charge in [-0.3, -0.25) is 4.79 Å². The molecule has 1 unspecified atom stereocenters. The zero-order chi connectivity index (χ0) is 20.0. The Morgan fingerprint density at radius 2 is 1.81 bits per heavy atom. The van der Waals surface area contributed by atoms with Crippen molar-refractivity contribution in [2.45, 2.75) is 43.7 Å². The second kappa shape index (κ2) is 9.47. The number of ether oxygens (including phenoxy) is 2. The van der Waals surface area contributed by atoms with E-state index in [0.717, 1.165) is 24.3 Å². The number of halogens is 3. The standard InChI is InChI=1S/C15H20F3NO5S2/c1-10(2)23-14(20)13(8-9-25-3)19-26(21,22)12-6-4-11(5-7-12)24-15(16,17)18/h4-7,10,13,19H,8-9H2,1-3H3. The van der Waals surface area contributed by atoms with Crippen molar-refractivity contribution in [1.29, 1.82) is 0 Å². The molecule has 1 aromatic carbocycles. The minimum atomic E-state index is -4.87. The van der Waals surface area contributed by atoms with Crippen molar-refractivity contribution in [3.63, 3.8) is 0 Å². The number of sulfonamides is 1. The van der Waals surface area contributed by atoms with Crippen LogP contribution in [0.25, 0.3) is 0 Å². The lowest BCUT2D eigenvalue weighted by atomic mass is 10.2. The van der Waals surface area contributed by atoms with E-state index in [2.05, 4.69) is 9.46 Å². The van der Waals surface area contributed by atoms with Crippen LogP contribution < -0.4 is 9.46 Å². The van der Waals surface area contributed by atoms with E-state index >= 15 is 0 Å². The molecule has 0 radical (unpaired) electrons. The molecule has 0 aliphatic heterocycles. The number of carbonyl (C=O) groups excluding carboxylic acids is 1. The lowest BCUT2D eigenvalue weighted by Gasteiger charge is -2.19. The Morgan fingerprint density at radius 3 is 2.27 bits per heavy atom. The van der Waals surface area contributed by atoms with Gasteiger partial charge in [-0.15, -0.1) is 13.2 Å². The van der Waals surface area contributed by atoms with Crippen LogP contribution in [0.2, 0.25) is 0 Å². The van der Waals surface area contributed by atoms with Crippen LogP contribution in [0.3, 0.4) is 0 Å². The summed E-state index contributed by atoms with van der Waals surface area (Å²) in [6, 6.07) is 2.59. The predicted molar refractivity (Wildman–Crippen MR) is 91.5 cm³/mol. The van der Waals surface area contributed by atoms with Gasteiger partial charge in [0.2, 0.25) is 10.0 Å². The van der Waals surface area contributed by atoms with Crippen molar-refractivity contribution in [3.05, 3.63) is 24.3 Å². The molecule has 0 amide bonds. The SMILES string of the molecule is CSCCC(NS(=O)(=O)c1ccc(OC(F)(F)F)cc1)C(=O)OC(C)C. The first-order valence-electron chi connectivity index (χ1n) is 7.52. The Labute approximate surface area is 154 Å². The average Bonchev–Trinajstić information content (AvgIpc) is 2.49. The van der Waals surface area contributed by atoms with Crippen molar-refractivity contribution >= 4 is 27.8 Å². The fourth-order valence-corrected chi connectivity index (χ4v) is 3.54. The minimum absolute atomic E-state index is 0.210. The normalized spacial score (nSPS) is 13.5. The summed E-state index contributed by atoms with van der Waals surface area (Å²) in [4.78, 5) is 11.8. The smallest absolute Gasteiger partial charge is 0.462 e. The zero-order valence-electron chi connectivity index (χ0n) is 14.4. The number of benzene rings is 1. The maximum Gasteiger partial charge on any atom is 0.573 e. The third kappa shape index (κ3) is 7.83. The highest BCUT2D eigenvalue weighted by Gasteiger charge is 2.31.